The molecule has 168 valence electrons. The van der Waals surface area contributed by atoms with E-state index in [1.54, 1.807) is 11.9 Å². The van der Waals surface area contributed by atoms with Crippen LogP contribution in [0.15, 0.2) is 42.1 Å². The number of hydrogen-bond acceptors (Lipinski definition) is 6. The van der Waals surface area contributed by atoms with Gasteiger partial charge < -0.3 is 20.1 Å². The smallest absolute Gasteiger partial charge is 0.414 e. The summed E-state index contributed by atoms with van der Waals surface area (Å²) in [6.45, 7) is 3.84. The van der Waals surface area contributed by atoms with Crippen molar-refractivity contribution >= 4 is 17.6 Å². The Bertz CT molecular complexity index is 979. The van der Waals surface area contributed by atoms with E-state index in [0.29, 0.717) is 31.9 Å². The van der Waals surface area contributed by atoms with Gasteiger partial charge in [0.2, 0.25) is 0 Å². The number of rotatable bonds is 5. The molecule has 0 bridgehead atoms. The van der Waals surface area contributed by atoms with Crippen LogP contribution in [0, 0.1) is 17.2 Å². The average Bonchev–Trinajstić information content (AvgIpc) is 2.94. The molecule has 2 heterocycles. The summed E-state index contributed by atoms with van der Waals surface area (Å²) in [5, 5.41) is 15.6. The van der Waals surface area contributed by atoms with Gasteiger partial charge in [-0.1, -0.05) is 37.3 Å². The Kier molecular flexibility index (Phi) is 6.58. The molecule has 32 heavy (non-hydrogen) atoms. The molecular weight excluding hydrogens is 408 g/mol. The minimum Gasteiger partial charge on any atom is -0.439 e. The van der Waals surface area contributed by atoms with E-state index in [9.17, 15) is 14.9 Å². The number of likely N-dealkylation sites (N-methyl/N-ethyl adjacent to an activating group) is 1. The number of carbonyl (C=O) groups is 2. The SMILES string of the molecule is CC1CNC[C@@H](C(=O)N[C@H](C#N)Cc2ccc(C3=CCC4OC(=O)N(C)C4=C3)cc2)OC1. The van der Waals surface area contributed by atoms with Crippen molar-refractivity contribution < 1.29 is 19.1 Å². The van der Waals surface area contributed by atoms with E-state index in [1.807, 2.05) is 30.3 Å². The molecule has 2 fully saturated rings. The number of nitrogens with one attached hydrogen (secondary N) is 2. The van der Waals surface area contributed by atoms with Crippen LogP contribution in [-0.2, 0) is 20.7 Å². The largest absolute Gasteiger partial charge is 0.439 e. The van der Waals surface area contributed by atoms with Crippen molar-refractivity contribution in [3.63, 3.8) is 0 Å². The topological polar surface area (TPSA) is 104 Å². The van der Waals surface area contributed by atoms with Gasteiger partial charge in [0.25, 0.3) is 5.91 Å². The zero-order chi connectivity index (χ0) is 22.7. The number of carbonyl (C=O) groups excluding carboxylic acids is 2. The molecule has 1 aromatic carbocycles. The van der Waals surface area contributed by atoms with E-state index in [1.165, 1.54) is 0 Å². The van der Waals surface area contributed by atoms with Crippen molar-refractivity contribution in [3.8, 4) is 6.07 Å². The molecule has 3 aliphatic rings. The van der Waals surface area contributed by atoms with Crippen molar-refractivity contribution in [2.75, 3.05) is 26.7 Å². The fraction of sp³-hybridized carbons (Fsp3) is 0.458. The molecule has 2 saturated heterocycles. The molecular formula is C24H28N4O4. The van der Waals surface area contributed by atoms with Crippen LogP contribution in [0.1, 0.15) is 24.5 Å². The molecule has 0 aromatic heterocycles. The lowest BCUT2D eigenvalue weighted by Crippen LogP contribution is -2.46. The molecule has 2 unspecified atom stereocenters. The molecule has 2 aliphatic heterocycles. The van der Waals surface area contributed by atoms with Crippen molar-refractivity contribution in [1.82, 2.24) is 15.5 Å². The molecule has 1 aliphatic carbocycles. The molecule has 0 spiro atoms. The zero-order valence-electron chi connectivity index (χ0n) is 18.3. The van der Waals surface area contributed by atoms with E-state index in [4.69, 9.17) is 9.47 Å². The van der Waals surface area contributed by atoms with Crippen molar-refractivity contribution in [3.05, 3.63) is 53.2 Å². The third-order valence-electron chi connectivity index (χ3n) is 5.99. The Labute approximate surface area is 187 Å². The van der Waals surface area contributed by atoms with Crippen LogP contribution in [0.3, 0.4) is 0 Å². The maximum absolute atomic E-state index is 12.5. The lowest BCUT2D eigenvalue weighted by atomic mass is 9.94. The minimum absolute atomic E-state index is 0.202. The van der Waals surface area contributed by atoms with Gasteiger partial charge >= 0.3 is 6.09 Å². The number of nitrogens with zero attached hydrogens (tertiary/aromatic N) is 2. The van der Waals surface area contributed by atoms with E-state index in [0.717, 1.165) is 28.9 Å². The lowest BCUT2D eigenvalue weighted by Gasteiger charge is -2.19. The maximum atomic E-state index is 12.5. The first-order valence-corrected chi connectivity index (χ1v) is 10.9. The quantitative estimate of drug-likeness (QED) is 0.732. The molecule has 8 nitrogen and oxygen atoms in total. The molecule has 0 radical (unpaired) electrons. The number of benzene rings is 1. The average molecular weight is 437 g/mol. The summed E-state index contributed by atoms with van der Waals surface area (Å²) in [5.41, 5.74) is 3.88. The van der Waals surface area contributed by atoms with Gasteiger partial charge in [-0.25, -0.2) is 4.79 Å². The summed E-state index contributed by atoms with van der Waals surface area (Å²) in [7, 11) is 1.72. The number of hydrogen-bond donors (Lipinski definition) is 2. The predicted molar refractivity (Wildman–Crippen MR) is 118 cm³/mol. The first-order chi connectivity index (χ1) is 15.4. The highest BCUT2D eigenvalue weighted by atomic mass is 16.6. The van der Waals surface area contributed by atoms with Crippen LogP contribution in [-0.4, -0.2) is 61.9 Å². The summed E-state index contributed by atoms with van der Waals surface area (Å²) < 4.78 is 11.0. The van der Waals surface area contributed by atoms with Gasteiger partial charge in [-0.15, -0.1) is 0 Å². The monoisotopic (exact) mass is 436 g/mol. The summed E-state index contributed by atoms with van der Waals surface area (Å²) in [4.78, 5) is 25.8. The second-order valence-electron chi connectivity index (χ2n) is 8.57. The van der Waals surface area contributed by atoms with Gasteiger partial charge in [-0.3, -0.25) is 9.69 Å². The second kappa shape index (κ2) is 9.55. The number of fused-ring (bicyclic) bond motifs is 1. The van der Waals surface area contributed by atoms with Crippen molar-refractivity contribution in [2.45, 2.75) is 38.0 Å². The van der Waals surface area contributed by atoms with Gasteiger partial charge in [0, 0.05) is 33.0 Å². The molecule has 1 aromatic rings. The number of nitriles is 1. The van der Waals surface area contributed by atoms with Gasteiger partial charge in [-0.05, 0) is 28.7 Å². The van der Waals surface area contributed by atoms with E-state index in [-0.39, 0.29) is 18.1 Å². The van der Waals surface area contributed by atoms with Gasteiger partial charge in [0.05, 0.1) is 18.4 Å². The molecule has 4 rings (SSSR count). The molecule has 8 heteroatoms. The van der Waals surface area contributed by atoms with Crippen LogP contribution in [0.5, 0.6) is 0 Å². The predicted octanol–water partition coefficient (Wildman–Crippen LogP) is 1.98. The first kappa shape index (κ1) is 22.1. The Balaban J connectivity index is 1.36. The Morgan fingerprint density at radius 3 is 2.88 bits per heavy atom. The maximum Gasteiger partial charge on any atom is 0.414 e. The molecule has 2 amide bonds. The van der Waals surface area contributed by atoms with Crippen molar-refractivity contribution in [1.29, 1.82) is 5.26 Å². The van der Waals surface area contributed by atoms with E-state index in [2.05, 4.69) is 29.7 Å². The van der Waals surface area contributed by atoms with Crippen LogP contribution < -0.4 is 10.6 Å². The summed E-state index contributed by atoms with van der Waals surface area (Å²) in [5.74, 6) is 0.0849. The number of ether oxygens (including phenoxy) is 2. The summed E-state index contributed by atoms with van der Waals surface area (Å²) >= 11 is 0. The first-order valence-electron chi connectivity index (χ1n) is 10.9. The van der Waals surface area contributed by atoms with Crippen LogP contribution in [0.25, 0.3) is 5.57 Å². The Morgan fingerprint density at radius 2 is 2.12 bits per heavy atom. The summed E-state index contributed by atoms with van der Waals surface area (Å²) in [6, 6.07) is 9.45. The molecule has 4 atom stereocenters. The standard InChI is InChI=1S/C24H28N4O4/c1-15-12-26-13-22(31-14-15)23(29)27-19(11-25)9-16-3-5-17(6-4-16)18-7-8-21-20(10-18)28(2)24(30)32-21/h3-7,10,15,19,21-22,26H,8-9,12-14H2,1-2H3,(H,27,29)/t15?,19-,21?,22-/m0/s1. The van der Waals surface area contributed by atoms with E-state index < -0.39 is 12.1 Å². The van der Waals surface area contributed by atoms with Crippen LogP contribution >= 0.6 is 0 Å². The fourth-order valence-corrected chi connectivity index (χ4v) is 4.08. The number of amides is 2. The highest BCUT2D eigenvalue weighted by Gasteiger charge is 2.35. The van der Waals surface area contributed by atoms with Gasteiger partial charge in [-0.2, -0.15) is 5.26 Å². The highest BCUT2D eigenvalue weighted by Crippen LogP contribution is 2.33. The second-order valence-corrected chi connectivity index (χ2v) is 8.57. The summed E-state index contributed by atoms with van der Waals surface area (Å²) in [6.07, 6.45) is 3.99. The molecule has 0 saturated carbocycles. The highest BCUT2D eigenvalue weighted by molar-refractivity contribution is 5.82. The Morgan fingerprint density at radius 1 is 1.34 bits per heavy atom. The Hall–Kier alpha value is -3.15. The zero-order valence-corrected chi connectivity index (χ0v) is 18.3. The minimum atomic E-state index is -0.635. The lowest BCUT2D eigenvalue weighted by molar-refractivity contribution is -0.132. The molecule has 2 N–H and O–H groups in total. The van der Waals surface area contributed by atoms with Gasteiger partial charge in [0.1, 0.15) is 18.2 Å². The van der Waals surface area contributed by atoms with Crippen LogP contribution in [0.2, 0.25) is 0 Å². The van der Waals surface area contributed by atoms with Gasteiger partial charge in [0.15, 0.2) is 0 Å². The van der Waals surface area contributed by atoms with Crippen molar-refractivity contribution in [2.24, 2.45) is 5.92 Å². The van der Waals surface area contributed by atoms with E-state index >= 15 is 0 Å². The third kappa shape index (κ3) is 4.85. The van der Waals surface area contributed by atoms with Crippen LogP contribution in [0.4, 0.5) is 4.79 Å². The normalized spacial score (nSPS) is 26.1. The third-order valence-corrected chi connectivity index (χ3v) is 5.99. The number of allylic oxidation sites excluding steroid dienone is 2. The fourth-order valence-electron chi connectivity index (χ4n) is 4.08.